The number of nitrogens with one attached hydrogen (secondary N) is 1. The van der Waals surface area contributed by atoms with Gasteiger partial charge in [-0.25, -0.2) is 0 Å². The number of benzene rings is 1. The first-order chi connectivity index (χ1) is 9.78. The number of aryl methyl sites for hydroxylation is 1. The molecule has 6 heteroatoms. The predicted octanol–water partition coefficient (Wildman–Crippen LogP) is 1.57. The molecule has 1 unspecified atom stereocenters. The molecular weight excluding hydrogens is 290 g/mol. The standard InChI is InChI=1S/C15H21NO4S/c1-11-4-3-5-12(6-11)8-21-9-13(17)16-10-15(2,20)7-14(18)19/h3-6,20H,7-10H2,1-2H3,(H,16,17)(H,18,19). The monoisotopic (exact) mass is 311 g/mol. The number of thioether (sulfide) groups is 1. The first-order valence-corrected chi connectivity index (χ1v) is 7.78. The van der Waals surface area contributed by atoms with E-state index >= 15 is 0 Å². The molecule has 1 atom stereocenters. The van der Waals surface area contributed by atoms with E-state index in [4.69, 9.17) is 5.11 Å². The van der Waals surface area contributed by atoms with Crippen molar-refractivity contribution in [3.05, 3.63) is 35.4 Å². The molecule has 0 aliphatic rings. The Morgan fingerprint density at radius 2 is 2.10 bits per heavy atom. The van der Waals surface area contributed by atoms with Crippen molar-refractivity contribution in [2.24, 2.45) is 0 Å². The van der Waals surface area contributed by atoms with Crippen molar-refractivity contribution in [3.8, 4) is 0 Å². The van der Waals surface area contributed by atoms with Crippen molar-refractivity contribution in [1.29, 1.82) is 0 Å². The SMILES string of the molecule is Cc1cccc(CSCC(=O)NCC(C)(O)CC(=O)O)c1. The molecule has 5 nitrogen and oxygen atoms in total. The third-order valence-corrected chi connectivity index (χ3v) is 3.79. The van der Waals surface area contributed by atoms with Gasteiger partial charge >= 0.3 is 5.97 Å². The molecule has 1 aromatic rings. The molecule has 1 rings (SSSR count). The van der Waals surface area contributed by atoms with Crippen molar-refractivity contribution in [3.63, 3.8) is 0 Å². The van der Waals surface area contributed by atoms with E-state index in [0.717, 1.165) is 11.3 Å². The number of amides is 1. The van der Waals surface area contributed by atoms with Gasteiger partial charge in [-0.15, -0.1) is 11.8 Å². The van der Waals surface area contributed by atoms with Crippen LogP contribution in [0.4, 0.5) is 0 Å². The zero-order valence-corrected chi connectivity index (χ0v) is 13.1. The van der Waals surface area contributed by atoms with E-state index in [-0.39, 0.29) is 18.2 Å². The summed E-state index contributed by atoms with van der Waals surface area (Å²) < 4.78 is 0. The van der Waals surface area contributed by atoms with Gasteiger partial charge in [0.1, 0.15) is 0 Å². The van der Waals surface area contributed by atoms with Crippen LogP contribution in [0.2, 0.25) is 0 Å². The van der Waals surface area contributed by atoms with Crippen LogP contribution in [0.25, 0.3) is 0 Å². The summed E-state index contributed by atoms with van der Waals surface area (Å²) in [5.74, 6) is -0.293. The number of aliphatic hydroxyl groups is 1. The van der Waals surface area contributed by atoms with Crippen LogP contribution in [0, 0.1) is 6.92 Å². The topological polar surface area (TPSA) is 86.6 Å². The van der Waals surface area contributed by atoms with Crippen LogP contribution < -0.4 is 5.32 Å². The van der Waals surface area contributed by atoms with Gasteiger partial charge in [0.15, 0.2) is 0 Å². The van der Waals surface area contributed by atoms with Crippen molar-refractivity contribution in [1.82, 2.24) is 5.32 Å². The highest BCUT2D eigenvalue weighted by Crippen LogP contribution is 2.13. The highest BCUT2D eigenvalue weighted by Gasteiger charge is 2.24. The van der Waals surface area contributed by atoms with E-state index in [9.17, 15) is 14.7 Å². The lowest BCUT2D eigenvalue weighted by atomic mass is 10.0. The third-order valence-electron chi connectivity index (χ3n) is 2.78. The van der Waals surface area contributed by atoms with Crippen molar-refractivity contribution >= 4 is 23.6 Å². The average Bonchev–Trinajstić information content (AvgIpc) is 2.35. The second-order valence-corrected chi connectivity index (χ2v) is 6.31. The lowest BCUT2D eigenvalue weighted by Gasteiger charge is -2.21. The van der Waals surface area contributed by atoms with E-state index in [0.29, 0.717) is 0 Å². The minimum absolute atomic E-state index is 0.0663. The number of carboxylic acid groups (broad SMARTS) is 1. The molecular formula is C15H21NO4S. The van der Waals surface area contributed by atoms with Gasteiger partial charge in [-0.2, -0.15) is 0 Å². The molecule has 0 heterocycles. The van der Waals surface area contributed by atoms with E-state index < -0.39 is 18.0 Å². The molecule has 0 radical (unpaired) electrons. The molecule has 116 valence electrons. The van der Waals surface area contributed by atoms with Crippen LogP contribution in [0.1, 0.15) is 24.5 Å². The Morgan fingerprint density at radius 3 is 2.71 bits per heavy atom. The summed E-state index contributed by atoms with van der Waals surface area (Å²) in [5.41, 5.74) is 0.913. The summed E-state index contributed by atoms with van der Waals surface area (Å²) in [6, 6.07) is 8.08. The summed E-state index contributed by atoms with van der Waals surface area (Å²) in [4.78, 5) is 22.2. The normalized spacial score (nSPS) is 13.5. The maximum Gasteiger partial charge on any atom is 0.306 e. The summed E-state index contributed by atoms with van der Waals surface area (Å²) in [5, 5.41) is 20.9. The number of rotatable bonds is 8. The van der Waals surface area contributed by atoms with Gasteiger partial charge in [-0.3, -0.25) is 9.59 Å². The molecule has 0 aliphatic carbocycles. The second kappa shape index (κ2) is 8.05. The lowest BCUT2D eigenvalue weighted by Crippen LogP contribution is -2.42. The highest BCUT2D eigenvalue weighted by molar-refractivity contribution is 7.99. The van der Waals surface area contributed by atoms with Crippen molar-refractivity contribution in [2.75, 3.05) is 12.3 Å². The second-order valence-electron chi connectivity index (χ2n) is 5.33. The molecule has 0 bridgehead atoms. The lowest BCUT2D eigenvalue weighted by molar-refractivity contribution is -0.142. The fourth-order valence-electron chi connectivity index (χ4n) is 1.79. The Morgan fingerprint density at radius 1 is 1.38 bits per heavy atom. The van der Waals surface area contributed by atoms with Gasteiger partial charge in [0.25, 0.3) is 0 Å². The van der Waals surface area contributed by atoms with Crippen LogP contribution in [0.3, 0.4) is 0 Å². The van der Waals surface area contributed by atoms with Gasteiger partial charge < -0.3 is 15.5 Å². The number of aliphatic carboxylic acids is 1. The first-order valence-electron chi connectivity index (χ1n) is 6.63. The van der Waals surface area contributed by atoms with Crippen molar-refractivity contribution < 1.29 is 19.8 Å². The molecule has 21 heavy (non-hydrogen) atoms. The van der Waals surface area contributed by atoms with E-state index in [2.05, 4.69) is 11.4 Å². The molecule has 3 N–H and O–H groups in total. The molecule has 0 saturated heterocycles. The molecule has 1 amide bonds. The Kier molecular flexibility index (Phi) is 6.71. The van der Waals surface area contributed by atoms with Gasteiger partial charge in [0, 0.05) is 12.3 Å². The van der Waals surface area contributed by atoms with E-state index in [1.807, 2.05) is 25.1 Å². The zero-order chi connectivity index (χ0) is 15.9. The van der Waals surface area contributed by atoms with Gasteiger partial charge in [-0.1, -0.05) is 29.8 Å². The predicted molar refractivity (Wildman–Crippen MR) is 83.2 cm³/mol. The maximum atomic E-state index is 11.6. The number of hydrogen-bond donors (Lipinski definition) is 3. The zero-order valence-electron chi connectivity index (χ0n) is 12.3. The minimum Gasteiger partial charge on any atom is -0.481 e. The van der Waals surface area contributed by atoms with Crippen LogP contribution in [-0.4, -0.2) is 40.0 Å². The van der Waals surface area contributed by atoms with Gasteiger partial charge in [0.2, 0.25) is 5.91 Å². The van der Waals surface area contributed by atoms with Crippen LogP contribution in [0.15, 0.2) is 24.3 Å². The van der Waals surface area contributed by atoms with Crippen LogP contribution >= 0.6 is 11.8 Å². The number of carboxylic acids is 1. The number of hydrogen-bond acceptors (Lipinski definition) is 4. The first kappa shape index (κ1) is 17.5. The summed E-state index contributed by atoms with van der Waals surface area (Å²) >= 11 is 1.48. The summed E-state index contributed by atoms with van der Waals surface area (Å²) in [6.45, 7) is 3.34. The Balaban J connectivity index is 2.27. The number of carbonyl (C=O) groups excluding carboxylic acids is 1. The highest BCUT2D eigenvalue weighted by atomic mass is 32.2. The van der Waals surface area contributed by atoms with Crippen LogP contribution in [-0.2, 0) is 15.3 Å². The quantitative estimate of drug-likeness (QED) is 0.678. The Labute approximate surface area is 128 Å². The van der Waals surface area contributed by atoms with E-state index in [1.54, 1.807) is 0 Å². The Bertz CT molecular complexity index is 502. The molecule has 0 aromatic heterocycles. The van der Waals surface area contributed by atoms with Gasteiger partial charge in [0.05, 0.1) is 17.8 Å². The van der Waals surface area contributed by atoms with Gasteiger partial charge in [-0.05, 0) is 19.4 Å². The molecule has 1 aromatic carbocycles. The minimum atomic E-state index is -1.43. The summed E-state index contributed by atoms with van der Waals surface area (Å²) in [6.07, 6.45) is -0.399. The van der Waals surface area contributed by atoms with Crippen LogP contribution in [0.5, 0.6) is 0 Å². The molecule has 0 fully saturated rings. The van der Waals surface area contributed by atoms with Crippen molar-refractivity contribution in [2.45, 2.75) is 31.6 Å². The fraction of sp³-hybridized carbons (Fsp3) is 0.467. The smallest absolute Gasteiger partial charge is 0.306 e. The molecule has 0 spiro atoms. The number of carbonyl (C=O) groups is 2. The molecule has 0 aliphatic heterocycles. The largest absolute Gasteiger partial charge is 0.481 e. The Hall–Kier alpha value is -1.53. The van der Waals surface area contributed by atoms with E-state index in [1.165, 1.54) is 24.2 Å². The maximum absolute atomic E-state index is 11.6. The third kappa shape index (κ3) is 7.72. The fourth-order valence-corrected chi connectivity index (χ4v) is 2.60. The summed E-state index contributed by atoms with van der Waals surface area (Å²) in [7, 11) is 0. The average molecular weight is 311 g/mol. The molecule has 0 saturated carbocycles.